The van der Waals surface area contributed by atoms with Crippen LogP contribution >= 0.6 is 0 Å². The van der Waals surface area contributed by atoms with E-state index in [0.717, 1.165) is 39.1 Å². The molecule has 1 aromatic carbocycles. The molecule has 0 radical (unpaired) electrons. The van der Waals surface area contributed by atoms with Crippen molar-refractivity contribution in [2.24, 2.45) is 0 Å². The van der Waals surface area contributed by atoms with Gasteiger partial charge in [-0.3, -0.25) is 0 Å². The van der Waals surface area contributed by atoms with Gasteiger partial charge in [0.05, 0.1) is 0 Å². The molecule has 0 bridgehead atoms. The number of carbonyl (C=O) groups excluding carboxylic acids is 1. The molecule has 0 aromatic heterocycles. The number of nitrogens with zero attached hydrogens (tertiary/aromatic N) is 2. The van der Waals surface area contributed by atoms with Gasteiger partial charge in [-0.25, -0.2) is 4.79 Å². The normalized spacial score (nSPS) is 15.3. The molecule has 4 heteroatoms. The van der Waals surface area contributed by atoms with Gasteiger partial charge < -0.3 is 15.1 Å². The standard InChI is InChI=1S/C16H25N3O/c1-4-8-17-16(20)19-11-9-18(10-12-19)15-13(2)6-5-7-14(15)3/h5-7H,4,8-12H2,1-3H3,(H,17,20). The van der Waals surface area contributed by atoms with Gasteiger partial charge in [0.1, 0.15) is 0 Å². The molecule has 4 nitrogen and oxygen atoms in total. The van der Waals surface area contributed by atoms with Crippen LogP contribution in [0.3, 0.4) is 0 Å². The van der Waals surface area contributed by atoms with Crippen LogP contribution in [0.15, 0.2) is 18.2 Å². The second-order valence-electron chi connectivity index (χ2n) is 5.45. The highest BCUT2D eigenvalue weighted by molar-refractivity contribution is 5.74. The molecule has 1 aliphatic heterocycles. The van der Waals surface area contributed by atoms with Gasteiger partial charge >= 0.3 is 6.03 Å². The Balaban J connectivity index is 1.96. The number of rotatable bonds is 3. The third-order valence-corrected chi connectivity index (χ3v) is 3.85. The van der Waals surface area contributed by atoms with Gasteiger partial charge in [0.25, 0.3) is 0 Å². The number of carbonyl (C=O) groups is 1. The fourth-order valence-corrected chi connectivity index (χ4v) is 2.78. The quantitative estimate of drug-likeness (QED) is 0.920. The minimum Gasteiger partial charge on any atom is -0.368 e. The van der Waals surface area contributed by atoms with Crippen LogP contribution in [0.1, 0.15) is 24.5 Å². The van der Waals surface area contributed by atoms with E-state index in [1.165, 1.54) is 16.8 Å². The number of benzene rings is 1. The summed E-state index contributed by atoms with van der Waals surface area (Å²) >= 11 is 0. The van der Waals surface area contributed by atoms with Gasteiger partial charge in [-0.15, -0.1) is 0 Å². The fraction of sp³-hybridized carbons (Fsp3) is 0.562. The maximum Gasteiger partial charge on any atom is 0.317 e. The summed E-state index contributed by atoms with van der Waals surface area (Å²) in [6.45, 7) is 10.5. The Labute approximate surface area is 121 Å². The van der Waals surface area contributed by atoms with E-state index in [0.29, 0.717) is 0 Å². The van der Waals surface area contributed by atoms with Crippen LogP contribution in [0.25, 0.3) is 0 Å². The van der Waals surface area contributed by atoms with E-state index in [9.17, 15) is 4.79 Å². The van der Waals surface area contributed by atoms with Crippen molar-refractivity contribution >= 4 is 11.7 Å². The number of piperazine rings is 1. The number of hydrogen-bond donors (Lipinski definition) is 1. The molecular weight excluding hydrogens is 250 g/mol. The minimum absolute atomic E-state index is 0.0769. The number of amides is 2. The minimum atomic E-state index is 0.0769. The summed E-state index contributed by atoms with van der Waals surface area (Å²) < 4.78 is 0. The van der Waals surface area contributed by atoms with Crippen LogP contribution in [0.4, 0.5) is 10.5 Å². The van der Waals surface area contributed by atoms with E-state index >= 15 is 0 Å². The Morgan fingerprint density at radius 3 is 2.30 bits per heavy atom. The van der Waals surface area contributed by atoms with Crippen molar-refractivity contribution in [1.82, 2.24) is 10.2 Å². The van der Waals surface area contributed by atoms with Crippen molar-refractivity contribution in [3.05, 3.63) is 29.3 Å². The zero-order valence-electron chi connectivity index (χ0n) is 12.8. The maximum atomic E-state index is 11.9. The van der Waals surface area contributed by atoms with E-state index in [1.54, 1.807) is 0 Å². The summed E-state index contributed by atoms with van der Waals surface area (Å²) in [5.74, 6) is 0. The maximum absolute atomic E-state index is 11.9. The van der Waals surface area contributed by atoms with Crippen molar-refractivity contribution in [2.75, 3.05) is 37.6 Å². The summed E-state index contributed by atoms with van der Waals surface area (Å²) in [6.07, 6.45) is 0.980. The molecule has 1 aromatic rings. The Morgan fingerprint density at radius 1 is 1.15 bits per heavy atom. The van der Waals surface area contributed by atoms with Crippen molar-refractivity contribution in [3.8, 4) is 0 Å². The van der Waals surface area contributed by atoms with Crippen molar-refractivity contribution < 1.29 is 4.79 Å². The predicted molar refractivity (Wildman–Crippen MR) is 83.4 cm³/mol. The Hall–Kier alpha value is -1.71. The number of para-hydroxylation sites is 1. The van der Waals surface area contributed by atoms with Gasteiger partial charge in [0, 0.05) is 38.4 Å². The average molecular weight is 275 g/mol. The van der Waals surface area contributed by atoms with E-state index in [4.69, 9.17) is 0 Å². The Morgan fingerprint density at radius 2 is 1.75 bits per heavy atom. The number of nitrogens with one attached hydrogen (secondary N) is 1. The molecule has 0 unspecified atom stereocenters. The molecule has 0 saturated carbocycles. The third kappa shape index (κ3) is 3.24. The zero-order valence-corrected chi connectivity index (χ0v) is 12.8. The second kappa shape index (κ2) is 6.64. The molecule has 0 atom stereocenters. The van der Waals surface area contributed by atoms with E-state index in [-0.39, 0.29) is 6.03 Å². The van der Waals surface area contributed by atoms with Crippen LogP contribution in [0.5, 0.6) is 0 Å². The highest BCUT2D eigenvalue weighted by atomic mass is 16.2. The van der Waals surface area contributed by atoms with Gasteiger partial charge in [-0.05, 0) is 31.4 Å². The van der Waals surface area contributed by atoms with Gasteiger partial charge in [0.15, 0.2) is 0 Å². The third-order valence-electron chi connectivity index (χ3n) is 3.85. The summed E-state index contributed by atoms with van der Waals surface area (Å²) in [5.41, 5.74) is 3.96. The molecule has 1 heterocycles. The molecule has 0 aliphatic carbocycles. The molecule has 1 N–H and O–H groups in total. The van der Waals surface area contributed by atoms with Crippen LogP contribution in [0.2, 0.25) is 0 Å². The average Bonchev–Trinajstić information content (AvgIpc) is 2.45. The van der Waals surface area contributed by atoms with Crippen molar-refractivity contribution in [2.45, 2.75) is 27.2 Å². The lowest BCUT2D eigenvalue weighted by Crippen LogP contribution is -2.52. The van der Waals surface area contributed by atoms with Crippen LogP contribution in [-0.2, 0) is 0 Å². The number of hydrogen-bond acceptors (Lipinski definition) is 2. The Bertz CT molecular complexity index is 445. The van der Waals surface area contributed by atoms with Crippen molar-refractivity contribution in [3.63, 3.8) is 0 Å². The summed E-state index contributed by atoms with van der Waals surface area (Å²) in [4.78, 5) is 16.2. The number of urea groups is 1. The van der Waals surface area contributed by atoms with E-state index in [2.05, 4.69) is 49.2 Å². The highest BCUT2D eigenvalue weighted by Gasteiger charge is 2.22. The summed E-state index contributed by atoms with van der Waals surface area (Å²) in [6, 6.07) is 6.49. The molecular formula is C16H25N3O. The first-order valence-electron chi connectivity index (χ1n) is 7.47. The molecule has 0 spiro atoms. The van der Waals surface area contributed by atoms with E-state index < -0.39 is 0 Å². The molecule has 20 heavy (non-hydrogen) atoms. The summed E-state index contributed by atoms with van der Waals surface area (Å²) in [5, 5.41) is 2.95. The van der Waals surface area contributed by atoms with Crippen LogP contribution in [0, 0.1) is 13.8 Å². The number of anilines is 1. The van der Waals surface area contributed by atoms with Gasteiger partial charge in [-0.1, -0.05) is 25.1 Å². The second-order valence-corrected chi connectivity index (χ2v) is 5.45. The highest BCUT2D eigenvalue weighted by Crippen LogP contribution is 2.25. The van der Waals surface area contributed by atoms with Crippen LogP contribution < -0.4 is 10.2 Å². The lowest BCUT2D eigenvalue weighted by atomic mass is 10.1. The molecule has 1 fully saturated rings. The fourth-order valence-electron chi connectivity index (χ4n) is 2.78. The number of aryl methyl sites for hydroxylation is 2. The summed E-state index contributed by atoms with van der Waals surface area (Å²) in [7, 11) is 0. The molecule has 110 valence electrons. The van der Waals surface area contributed by atoms with Crippen LogP contribution in [-0.4, -0.2) is 43.7 Å². The SMILES string of the molecule is CCCNC(=O)N1CCN(c2c(C)cccc2C)CC1. The topological polar surface area (TPSA) is 35.6 Å². The molecule has 2 rings (SSSR count). The van der Waals surface area contributed by atoms with Gasteiger partial charge in [0.2, 0.25) is 0 Å². The smallest absolute Gasteiger partial charge is 0.317 e. The van der Waals surface area contributed by atoms with E-state index in [1.807, 2.05) is 4.90 Å². The predicted octanol–water partition coefficient (Wildman–Crippen LogP) is 2.55. The molecule has 2 amide bonds. The largest absolute Gasteiger partial charge is 0.368 e. The zero-order chi connectivity index (χ0) is 14.5. The first kappa shape index (κ1) is 14.7. The first-order valence-corrected chi connectivity index (χ1v) is 7.47. The lowest BCUT2D eigenvalue weighted by molar-refractivity contribution is 0.194. The molecule has 1 saturated heterocycles. The monoisotopic (exact) mass is 275 g/mol. The molecule has 1 aliphatic rings. The lowest BCUT2D eigenvalue weighted by Gasteiger charge is -2.37. The van der Waals surface area contributed by atoms with Crippen molar-refractivity contribution in [1.29, 1.82) is 0 Å². The Kier molecular flexibility index (Phi) is 4.88. The van der Waals surface area contributed by atoms with Gasteiger partial charge in [-0.2, -0.15) is 0 Å². The first-order chi connectivity index (χ1) is 9.63.